The number of benzene rings is 1. The minimum Gasteiger partial charge on any atom is -0.372 e. The van der Waals surface area contributed by atoms with Gasteiger partial charge >= 0.3 is 0 Å². The van der Waals surface area contributed by atoms with E-state index in [1.807, 2.05) is 0 Å². The molecule has 0 saturated carbocycles. The van der Waals surface area contributed by atoms with E-state index in [0.29, 0.717) is 6.42 Å². The topological polar surface area (TPSA) is 46.3 Å². The lowest BCUT2D eigenvalue weighted by molar-refractivity contribution is -0.118. The molecule has 1 saturated heterocycles. The molecule has 0 spiro atoms. The summed E-state index contributed by atoms with van der Waals surface area (Å²) in [4.78, 5) is 13.4. The van der Waals surface area contributed by atoms with Crippen LogP contribution in [0, 0.1) is 0 Å². The second-order valence-electron chi connectivity index (χ2n) is 5.15. The van der Waals surface area contributed by atoms with Crippen molar-refractivity contribution in [1.29, 1.82) is 0 Å². The molecular weight excluding hydrogens is 236 g/mol. The number of rotatable bonds is 5. The number of allylic oxidation sites excluding steroid dienone is 1. The number of anilines is 1. The number of primary amides is 1. The molecule has 1 amide bonds. The van der Waals surface area contributed by atoms with Gasteiger partial charge in [0.05, 0.1) is 0 Å². The van der Waals surface area contributed by atoms with Gasteiger partial charge in [-0.15, -0.1) is 6.58 Å². The fraction of sp³-hybridized carbons (Fsp3) is 0.438. The molecule has 0 radical (unpaired) electrons. The predicted molar refractivity (Wildman–Crippen MR) is 79.3 cm³/mol. The Bertz CT molecular complexity index is 433. The number of nitrogens with zero attached hydrogens (tertiary/aromatic N) is 1. The van der Waals surface area contributed by atoms with E-state index in [0.717, 1.165) is 18.7 Å². The zero-order valence-corrected chi connectivity index (χ0v) is 11.3. The molecule has 1 atom stereocenters. The van der Waals surface area contributed by atoms with E-state index in [2.05, 4.69) is 35.7 Å². The summed E-state index contributed by atoms with van der Waals surface area (Å²) in [6.45, 7) is 6.07. The average Bonchev–Trinajstić information content (AvgIpc) is 2.46. The maximum absolute atomic E-state index is 11.0. The maximum atomic E-state index is 11.0. The highest BCUT2D eigenvalue weighted by atomic mass is 16.1. The van der Waals surface area contributed by atoms with Crippen LogP contribution in [-0.2, 0) is 4.79 Å². The number of carbonyl (C=O) groups excluding carboxylic acids is 1. The molecule has 2 N–H and O–H groups in total. The van der Waals surface area contributed by atoms with E-state index >= 15 is 0 Å². The van der Waals surface area contributed by atoms with Gasteiger partial charge in [0.1, 0.15) is 0 Å². The zero-order chi connectivity index (χ0) is 13.7. The van der Waals surface area contributed by atoms with Crippen molar-refractivity contribution in [3.8, 4) is 0 Å². The molecule has 1 aromatic carbocycles. The van der Waals surface area contributed by atoms with E-state index in [9.17, 15) is 4.79 Å². The molecule has 3 heteroatoms. The summed E-state index contributed by atoms with van der Waals surface area (Å²) in [5.74, 6) is -0.266. The first-order valence-corrected chi connectivity index (χ1v) is 6.96. The van der Waals surface area contributed by atoms with E-state index in [-0.39, 0.29) is 11.8 Å². The van der Waals surface area contributed by atoms with Crippen molar-refractivity contribution in [2.75, 3.05) is 18.0 Å². The first-order valence-electron chi connectivity index (χ1n) is 6.96. The molecule has 0 bridgehead atoms. The lowest BCUT2D eigenvalue weighted by atomic mass is 9.95. The third-order valence-electron chi connectivity index (χ3n) is 3.75. The van der Waals surface area contributed by atoms with Crippen molar-refractivity contribution in [2.24, 2.45) is 5.73 Å². The number of nitrogens with two attached hydrogens (primary N) is 1. The molecule has 19 heavy (non-hydrogen) atoms. The third kappa shape index (κ3) is 3.60. The molecule has 1 fully saturated rings. The van der Waals surface area contributed by atoms with Crippen LogP contribution in [0.2, 0.25) is 0 Å². The molecule has 1 aliphatic heterocycles. The van der Waals surface area contributed by atoms with E-state index in [1.165, 1.54) is 24.9 Å². The lowest BCUT2D eigenvalue weighted by Crippen LogP contribution is -2.29. The summed E-state index contributed by atoms with van der Waals surface area (Å²) < 4.78 is 0. The molecule has 1 aliphatic rings. The number of carbonyl (C=O) groups is 1. The Kier molecular flexibility index (Phi) is 4.61. The molecule has 2 rings (SSSR count). The third-order valence-corrected chi connectivity index (χ3v) is 3.75. The fourth-order valence-electron chi connectivity index (χ4n) is 2.64. The normalized spacial score (nSPS) is 16.9. The van der Waals surface area contributed by atoms with Crippen molar-refractivity contribution in [3.63, 3.8) is 0 Å². The van der Waals surface area contributed by atoms with Crippen LogP contribution in [0.15, 0.2) is 36.9 Å². The molecule has 0 aliphatic carbocycles. The highest BCUT2D eigenvalue weighted by Gasteiger charge is 2.13. The number of hydrogen-bond donors (Lipinski definition) is 1. The summed E-state index contributed by atoms with van der Waals surface area (Å²) in [6.07, 6.45) is 6.01. The standard InChI is InChI=1S/C16H22N2O/c1-2-13(12-16(17)19)14-6-8-15(9-7-14)18-10-4-3-5-11-18/h2,6-9,13H,1,3-5,10-12H2,(H2,17,19). The first-order chi connectivity index (χ1) is 9.20. The second-order valence-corrected chi connectivity index (χ2v) is 5.15. The zero-order valence-electron chi connectivity index (χ0n) is 11.3. The predicted octanol–water partition coefficient (Wildman–Crippen LogP) is 2.82. The molecule has 1 unspecified atom stereocenters. The largest absolute Gasteiger partial charge is 0.372 e. The molecule has 0 aromatic heterocycles. The van der Waals surface area contributed by atoms with E-state index in [1.54, 1.807) is 6.08 Å². The average molecular weight is 258 g/mol. The van der Waals surface area contributed by atoms with Gasteiger partial charge in [-0.25, -0.2) is 0 Å². The Balaban J connectivity index is 2.08. The van der Waals surface area contributed by atoms with Crippen molar-refractivity contribution >= 4 is 11.6 Å². The van der Waals surface area contributed by atoms with Crippen molar-refractivity contribution in [1.82, 2.24) is 0 Å². The van der Waals surface area contributed by atoms with Gasteiger partial charge < -0.3 is 10.6 Å². The Morgan fingerprint density at radius 2 is 1.89 bits per heavy atom. The van der Waals surface area contributed by atoms with Crippen molar-refractivity contribution in [2.45, 2.75) is 31.6 Å². The minimum atomic E-state index is -0.287. The van der Waals surface area contributed by atoms with Crippen LogP contribution < -0.4 is 10.6 Å². The van der Waals surface area contributed by atoms with Gasteiger partial charge in [-0.1, -0.05) is 18.2 Å². The van der Waals surface area contributed by atoms with Crippen LogP contribution in [0.1, 0.15) is 37.2 Å². The van der Waals surface area contributed by atoms with Crippen LogP contribution in [0.5, 0.6) is 0 Å². The summed E-state index contributed by atoms with van der Waals surface area (Å²) in [6, 6.07) is 8.44. The highest BCUT2D eigenvalue weighted by molar-refractivity contribution is 5.75. The molecule has 1 aromatic rings. The number of hydrogen-bond acceptors (Lipinski definition) is 2. The van der Waals surface area contributed by atoms with Gasteiger partial charge in [0, 0.05) is 31.1 Å². The minimum absolute atomic E-state index is 0.0212. The Morgan fingerprint density at radius 3 is 2.42 bits per heavy atom. The highest BCUT2D eigenvalue weighted by Crippen LogP contribution is 2.25. The summed E-state index contributed by atoms with van der Waals surface area (Å²) in [5.41, 5.74) is 7.63. The molecular formula is C16H22N2O. The van der Waals surface area contributed by atoms with Gasteiger partial charge in [-0.05, 0) is 37.0 Å². The van der Waals surface area contributed by atoms with Crippen LogP contribution in [-0.4, -0.2) is 19.0 Å². The monoisotopic (exact) mass is 258 g/mol. The Morgan fingerprint density at radius 1 is 1.26 bits per heavy atom. The SMILES string of the molecule is C=CC(CC(N)=O)c1ccc(N2CCCCC2)cc1. The van der Waals surface area contributed by atoms with Crippen LogP contribution >= 0.6 is 0 Å². The smallest absolute Gasteiger partial charge is 0.218 e. The van der Waals surface area contributed by atoms with Gasteiger partial charge in [0.15, 0.2) is 0 Å². The van der Waals surface area contributed by atoms with Crippen molar-refractivity contribution in [3.05, 3.63) is 42.5 Å². The number of amides is 1. The number of piperidine rings is 1. The molecule has 3 nitrogen and oxygen atoms in total. The van der Waals surface area contributed by atoms with Crippen LogP contribution in [0.3, 0.4) is 0 Å². The summed E-state index contributed by atoms with van der Waals surface area (Å²) in [5, 5.41) is 0. The summed E-state index contributed by atoms with van der Waals surface area (Å²) in [7, 11) is 0. The second kappa shape index (κ2) is 6.41. The van der Waals surface area contributed by atoms with E-state index < -0.39 is 0 Å². The molecule has 102 valence electrons. The van der Waals surface area contributed by atoms with Crippen LogP contribution in [0.4, 0.5) is 5.69 Å². The Hall–Kier alpha value is -1.77. The maximum Gasteiger partial charge on any atom is 0.218 e. The molecule has 1 heterocycles. The van der Waals surface area contributed by atoms with Gasteiger partial charge in [-0.3, -0.25) is 4.79 Å². The van der Waals surface area contributed by atoms with Gasteiger partial charge in [0.2, 0.25) is 5.91 Å². The van der Waals surface area contributed by atoms with E-state index in [4.69, 9.17) is 5.73 Å². The quantitative estimate of drug-likeness (QED) is 0.825. The first kappa shape index (κ1) is 13.7. The summed E-state index contributed by atoms with van der Waals surface area (Å²) >= 11 is 0. The van der Waals surface area contributed by atoms with Crippen LogP contribution in [0.25, 0.3) is 0 Å². The Labute approximate surface area is 115 Å². The fourth-order valence-corrected chi connectivity index (χ4v) is 2.64. The van der Waals surface area contributed by atoms with Gasteiger partial charge in [-0.2, -0.15) is 0 Å². The lowest BCUT2D eigenvalue weighted by Gasteiger charge is -2.29. The van der Waals surface area contributed by atoms with Crippen molar-refractivity contribution < 1.29 is 4.79 Å². The van der Waals surface area contributed by atoms with Gasteiger partial charge in [0.25, 0.3) is 0 Å².